The van der Waals surface area contributed by atoms with Crippen molar-refractivity contribution in [1.29, 1.82) is 0 Å². The average Bonchev–Trinajstić information content (AvgIpc) is 2.62. The number of amides is 1. The number of nitrogens with one attached hydrogen (secondary N) is 1. The minimum absolute atomic E-state index is 0.0545. The van der Waals surface area contributed by atoms with Crippen molar-refractivity contribution in [3.05, 3.63) is 41.7 Å². The molecule has 1 aromatic heterocycles. The van der Waals surface area contributed by atoms with E-state index in [9.17, 15) is 14.5 Å². The fourth-order valence-corrected chi connectivity index (χ4v) is 4.60. The number of carbonyl (C=O) groups is 1. The molecule has 0 radical (unpaired) electrons. The second-order valence-electron chi connectivity index (χ2n) is 5.70. The Hall–Kier alpha value is -1.53. The molecule has 7 nitrogen and oxygen atoms in total. The summed E-state index contributed by atoms with van der Waals surface area (Å²) in [7, 11) is -3.63. The molecule has 1 heterocycles. The third-order valence-corrected chi connectivity index (χ3v) is 6.29. The smallest absolute Gasteiger partial charge is 0.338 e. The van der Waals surface area contributed by atoms with Crippen LogP contribution in [0, 0.1) is 0 Å². The average molecular weight is 384 g/mol. The summed E-state index contributed by atoms with van der Waals surface area (Å²) >= 11 is 0. The van der Waals surface area contributed by atoms with Crippen molar-refractivity contribution >= 4 is 13.5 Å². The van der Waals surface area contributed by atoms with Crippen LogP contribution in [0.3, 0.4) is 0 Å². The van der Waals surface area contributed by atoms with Crippen LogP contribution in [0.2, 0.25) is 0 Å². The van der Waals surface area contributed by atoms with Gasteiger partial charge in [0, 0.05) is 18.9 Å². The maximum absolute atomic E-state index is 13.2. The van der Waals surface area contributed by atoms with E-state index in [-0.39, 0.29) is 25.7 Å². The highest BCUT2D eigenvalue weighted by Crippen LogP contribution is 2.54. The van der Waals surface area contributed by atoms with E-state index < -0.39 is 19.4 Å². The van der Waals surface area contributed by atoms with E-state index in [2.05, 4.69) is 10.3 Å². The zero-order chi connectivity index (χ0) is 19.6. The first-order chi connectivity index (χ1) is 12.4. The summed E-state index contributed by atoms with van der Waals surface area (Å²) < 4.78 is 24.0. The Morgan fingerprint density at radius 1 is 1.35 bits per heavy atom. The van der Waals surface area contributed by atoms with E-state index in [1.165, 1.54) is 6.20 Å². The van der Waals surface area contributed by atoms with Crippen molar-refractivity contribution in [3.63, 3.8) is 0 Å². The molecule has 0 aliphatic heterocycles. The highest BCUT2D eigenvalue weighted by atomic mass is 31.2. The van der Waals surface area contributed by atoms with Crippen LogP contribution >= 0.6 is 7.60 Å². The Balaban J connectivity index is 3.05. The quantitative estimate of drug-likeness (QED) is 0.449. The van der Waals surface area contributed by atoms with Crippen molar-refractivity contribution in [2.24, 2.45) is 0 Å². The number of hydrogen-bond acceptors (Lipinski definition) is 6. The summed E-state index contributed by atoms with van der Waals surface area (Å²) in [5.41, 5.74) is 0.128. The van der Waals surface area contributed by atoms with Gasteiger partial charge in [-0.05, 0) is 44.9 Å². The van der Waals surface area contributed by atoms with E-state index in [1.54, 1.807) is 39.1 Å². The number of aliphatic hydroxyl groups excluding tert-OH is 1. The zero-order valence-electron chi connectivity index (χ0n) is 15.8. The lowest BCUT2D eigenvalue weighted by Gasteiger charge is -2.30. The highest BCUT2D eigenvalue weighted by molar-refractivity contribution is 7.54. The number of pyridine rings is 1. The lowest BCUT2D eigenvalue weighted by Crippen LogP contribution is -2.40. The molecule has 1 amide bonds. The standard InChI is InChI=1S/C18H29N2O5P/c1-5-9-14(4)17(21)16(26(23,24-6-2)25-7-3)13-20-18(22)15-10-8-11-19-12-15/h8-12,16-17,21H,5-7,13H2,1-4H3,(H,20,22)/b14-9+. The van der Waals surface area contributed by atoms with Gasteiger partial charge in [0.2, 0.25) is 0 Å². The Morgan fingerprint density at radius 2 is 2.00 bits per heavy atom. The number of rotatable bonds is 11. The molecule has 0 aliphatic carbocycles. The van der Waals surface area contributed by atoms with Gasteiger partial charge in [0.05, 0.1) is 24.9 Å². The van der Waals surface area contributed by atoms with Gasteiger partial charge in [-0.1, -0.05) is 13.0 Å². The third kappa shape index (κ3) is 6.32. The van der Waals surface area contributed by atoms with Gasteiger partial charge in [-0.2, -0.15) is 0 Å². The summed E-state index contributed by atoms with van der Waals surface area (Å²) in [5.74, 6) is -0.369. The molecule has 1 aromatic rings. The molecule has 2 N–H and O–H groups in total. The minimum Gasteiger partial charge on any atom is -0.388 e. The summed E-state index contributed by atoms with van der Waals surface area (Å²) in [4.78, 5) is 16.2. The molecular formula is C18H29N2O5P. The van der Waals surface area contributed by atoms with Gasteiger partial charge in [0.25, 0.3) is 5.91 Å². The van der Waals surface area contributed by atoms with Crippen LogP contribution in [0.15, 0.2) is 36.2 Å². The van der Waals surface area contributed by atoms with Crippen LogP contribution < -0.4 is 5.32 Å². The molecule has 0 spiro atoms. The number of nitrogens with zero attached hydrogens (tertiary/aromatic N) is 1. The van der Waals surface area contributed by atoms with E-state index >= 15 is 0 Å². The molecule has 0 bridgehead atoms. The predicted octanol–water partition coefficient (Wildman–Crippen LogP) is 3.16. The molecule has 2 unspecified atom stereocenters. The molecule has 0 saturated heterocycles. The highest BCUT2D eigenvalue weighted by Gasteiger charge is 2.41. The van der Waals surface area contributed by atoms with Gasteiger partial charge in [-0.3, -0.25) is 14.3 Å². The molecule has 0 fully saturated rings. The van der Waals surface area contributed by atoms with Crippen LogP contribution in [-0.2, 0) is 13.6 Å². The topological polar surface area (TPSA) is 97.8 Å². The van der Waals surface area contributed by atoms with E-state index in [0.29, 0.717) is 11.1 Å². The molecule has 8 heteroatoms. The number of carbonyl (C=O) groups excluding carboxylic acids is 1. The van der Waals surface area contributed by atoms with E-state index in [0.717, 1.165) is 6.42 Å². The molecule has 0 aromatic carbocycles. The van der Waals surface area contributed by atoms with Gasteiger partial charge in [-0.25, -0.2) is 0 Å². The Labute approximate surface area is 155 Å². The molecule has 2 atom stereocenters. The molecule has 26 heavy (non-hydrogen) atoms. The van der Waals surface area contributed by atoms with Crippen molar-refractivity contribution < 1.29 is 23.5 Å². The Kier molecular flexibility index (Phi) is 9.73. The van der Waals surface area contributed by atoms with Gasteiger partial charge in [0.1, 0.15) is 5.66 Å². The second-order valence-corrected chi connectivity index (χ2v) is 7.96. The maximum atomic E-state index is 13.2. The SMILES string of the molecule is CC/C=C(\C)C(O)C(CNC(=O)c1cccnc1)P(=O)(OCC)OCC. The number of aliphatic hydroxyl groups is 1. The lowest BCUT2D eigenvalue weighted by atomic mass is 10.1. The van der Waals surface area contributed by atoms with Gasteiger partial charge >= 0.3 is 7.60 Å². The fourth-order valence-electron chi connectivity index (χ4n) is 2.53. The Bertz CT molecular complexity index is 626. The minimum atomic E-state index is -3.63. The van der Waals surface area contributed by atoms with E-state index in [4.69, 9.17) is 9.05 Å². The zero-order valence-corrected chi connectivity index (χ0v) is 16.7. The second kappa shape index (κ2) is 11.2. The molecular weight excluding hydrogens is 355 g/mol. The Morgan fingerprint density at radius 3 is 2.50 bits per heavy atom. The van der Waals surface area contributed by atoms with Crippen LogP contribution in [-0.4, -0.2) is 47.5 Å². The van der Waals surface area contributed by atoms with Crippen LogP contribution in [0.4, 0.5) is 0 Å². The van der Waals surface area contributed by atoms with Crippen LogP contribution in [0.5, 0.6) is 0 Å². The van der Waals surface area contributed by atoms with Crippen LogP contribution in [0.1, 0.15) is 44.5 Å². The molecule has 146 valence electrons. The molecule has 1 rings (SSSR count). The number of hydrogen-bond donors (Lipinski definition) is 2. The van der Waals surface area contributed by atoms with Gasteiger partial charge < -0.3 is 19.5 Å². The summed E-state index contributed by atoms with van der Waals surface area (Å²) in [5, 5.41) is 13.4. The first kappa shape index (κ1) is 22.5. The normalized spacial score (nSPS) is 14.7. The lowest BCUT2D eigenvalue weighted by molar-refractivity contribution is 0.0943. The third-order valence-electron chi connectivity index (χ3n) is 3.78. The summed E-state index contributed by atoms with van der Waals surface area (Å²) in [6.07, 6.45) is 4.52. The predicted molar refractivity (Wildman–Crippen MR) is 101 cm³/mol. The number of allylic oxidation sites excluding steroid dienone is 1. The van der Waals surface area contributed by atoms with Crippen molar-refractivity contribution in [2.45, 2.75) is 45.9 Å². The maximum Gasteiger partial charge on any atom is 0.338 e. The van der Waals surface area contributed by atoms with E-state index in [1.807, 2.05) is 13.0 Å². The monoisotopic (exact) mass is 384 g/mol. The summed E-state index contributed by atoms with van der Waals surface area (Å²) in [6, 6.07) is 3.28. The van der Waals surface area contributed by atoms with Crippen molar-refractivity contribution in [1.82, 2.24) is 10.3 Å². The summed E-state index contributed by atoms with van der Waals surface area (Å²) in [6.45, 7) is 7.41. The molecule has 0 aliphatic rings. The number of aromatic nitrogens is 1. The first-order valence-electron chi connectivity index (χ1n) is 8.81. The van der Waals surface area contributed by atoms with Gasteiger partial charge in [-0.15, -0.1) is 0 Å². The van der Waals surface area contributed by atoms with Gasteiger partial charge in [0.15, 0.2) is 0 Å². The fraction of sp³-hybridized carbons (Fsp3) is 0.556. The van der Waals surface area contributed by atoms with Crippen LogP contribution in [0.25, 0.3) is 0 Å². The first-order valence-corrected chi connectivity index (χ1v) is 10.4. The van der Waals surface area contributed by atoms with Crippen molar-refractivity contribution in [2.75, 3.05) is 19.8 Å². The van der Waals surface area contributed by atoms with Crippen molar-refractivity contribution in [3.8, 4) is 0 Å². The molecule has 0 saturated carbocycles. The largest absolute Gasteiger partial charge is 0.388 e.